The maximum absolute atomic E-state index is 12.4. The van der Waals surface area contributed by atoms with Gasteiger partial charge in [-0.3, -0.25) is 19.7 Å². The van der Waals surface area contributed by atoms with Crippen molar-refractivity contribution in [1.82, 2.24) is 10.3 Å². The molecule has 1 amide bonds. The summed E-state index contributed by atoms with van der Waals surface area (Å²) >= 11 is 0. The summed E-state index contributed by atoms with van der Waals surface area (Å²) in [5.41, 5.74) is -0.802. The van der Waals surface area contributed by atoms with Gasteiger partial charge >= 0.3 is 0 Å². The number of hydrogen-bond donors (Lipinski definition) is 3. The zero-order chi connectivity index (χ0) is 19.6. The molecule has 2 aromatic carbocycles. The zero-order valence-corrected chi connectivity index (χ0v) is 14.2. The maximum atomic E-state index is 12.4. The van der Waals surface area contributed by atoms with Gasteiger partial charge < -0.3 is 20.1 Å². The molecule has 0 fully saturated rings. The van der Waals surface area contributed by atoms with Crippen molar-refractivity contribution in [3.63, 3.8) is 0 Å². The number of para-hydroxylation sites is 1. The van der Waals surface area contributed by atoms with Gasteiger partial charge in [0.05, 0.1) is 17.5 Å². The third-order valence-corrected chi connectivity index (χ3v) is 4.04. The molecule has 0 unspecified atom stereocenters. The van der Waals surface area contributed by atoms with Crippen molar-refractivity contribution in [2.75, 3.05) is 7.11 Å². The van der Waals surface area contributed by atoms with Crippen LogP contribution in [-0.2, 0) is 6.54 Å². The van der Waals surface area contributed by atoms with Gasteiger partial charge in [0.2, 0.25) is 0 Å². The quantitative estimate of drug-likeness (QED) is 0.465. The lowest BCUT2D eigenvalue weighted by atomic mass is 10.1. The summed E-state index contributed by atoms with van der Waals surface area (Å²) in [4.78, 5) is 37.3. The summed E-state index contributed by atoms with van der Waals surface area (Å²) in [6, 6.07) is 10.6. The van der Waals surface area contributed by atoms with E-state index in [1.54, 1.807) is 24.3 Å². The number of carbonyl (C=O) groups excluding carboxylic acids is 1. The Balaban J connectivity index is 1.94. The van der Waals surface area contributed by atoms with E-state index in [4.69, 9.17) is 4.74 Å². The highest BCUT2D eigenvalue weighted by atomic mass is 16.6. The number of nitrogens with zero attached hydrogens (tertiary/aromatic N) is 1. The third-order valence-electron chi connectivity index (χ3n) is 4.04. The largest absolute Gasteiger partial charge is 0.506 e. The van der Waals surface area contributed by atoms with Crippen molar-refractivity contribution in [3.8, 4) is 11.5 Å². The van der Waals surface area contributed by atoms with Gasteiger partial charge in [-0.1, -0.05) is 18.2 Å². The van der Waals surface area contributed by atoms with Crippen LogP contribution in [0.25, 0.3) is 10.9 Å². The van der Waals surface area contributed by atoms with Crippen molar-refractivity contribution >= 4 is 22.5 Å². The smallest absolute Gasteiger partial charge is 0.271 e. The molecule has 0 atom stereocenters. The van der Waals surface area contributed by atoms with Crippen molar-refractivity contribution in [3.05, 3.63) is 74.1 Å². The molecule has 0 saturated carbocycles. The van der Waals surface area contributed by atoms with Crippen LogP contribution in [0.1, 0.15) is 15.9 Å². The van der Waals surface area contributed by atoms with E-state index in [0.717, 1.165) is 6.07 Å². The summed E-state index contributed by atoms with van der Waals surface area (Å²) in [5.74, 6) is -0.747. The minimum absolute atomic E-state index is 0.0629. The number of nitrogens with one attached hydrogen (secondary N) is 2. The van der Waals surface area contributed by atoms with Gasteiger partial charge in [0, 0.05) is 29.6 Å². The molecule has 27 heavy (non-hydrogen) atoms. The summed E-state index contributed by atoms with van der Waals surface area (Å²) in [7, 11) is 1.50. The van der Waals surface area contributed by atoms with Crippen LogP contribution in [0.5, 0.6) is 11.5 Å². The number of methoxy groups -OCH3 is 1. The lowest BCUT2D eigenvalue weighted by Crippen LogP contribution is -2.29. The van der Waals surface area contributed by atoms with Gasteiger partial charge in [-0.15, -0.1) is 0 Å². The molecule has 138 valence electrons. The number of rotatable bonds is 5. The van der Waals surface area contributed by atoms with E-state index >= 15 is 0 Å². The Kier molecular flexibility index (Phi) is 4.75. The van der Waals surface area contributed by atoms with Crippen molar-refractivity contribution in [1.29, 1.82) is 0 Å². The molecule has 3 aromatic rings. The van der Waals surface area contributed by atoms with Gasteiger partial charge in [0.1, 0.15) is 17.1 Å². The van der Waals surface area contributed by atoms with Crippen LogP contribution in [-0.4, -0.2) is 28.0 Å². The van der Waals surface area contributed by atoms with E-state index in [0.29, 0.717) is 11.3 Å². The number of H-pyrrole nitrogens is 1. The molecule has 0 aliphatic rings. The monoisotopic (exact) mass is 369 g/mol. The highest BCUT2D eigenvalue weighted by molar-refractivity contribution is 6.02. The highest BCUT2D eigenvalue weighted by Crippen LogP contribution is 2.27. The number of aromatic nitrogens is 1. The van der Waals surface area contributed by atoms with Crippen LogP contribution in [0, 0.1) is 10.1 Å². The van der Waals surface area contributed by atoms with Crippen LogP contribution in [0.4, 0.5) is 5.69 Å². The average Bonchev–Trinajstić information content (AvgIpc) is 2.66. The van der Waals surface area contributed by atoms with E-state index in [9.17, 15) is 24.8 Å². The second kappa shape index (κ2) is 7.16. The number of carbonyl (C=O) groups is 1. The van der Waals surface area contributed by atoms with E-state index < -0.39 is 27.7 Å². The minimum atomic E-state index is -0.849. The Bertz CT molecular complexity index is 1110. The SMILES string of the molecule is COc1ccccc1CNC(=O)c1c(O)c2ccc([N+](=O)[O-])cc2[nH]c1=O. The molecular weight excluding hydrogens is 354 g/mol. The second-order valence-corrected chi connectivity index (χ2v) is 5.66. The molecular formula is C18H15N3O6. The number of aromatic hydroxyl groups is 1. The number of pyridine rings is 1. The molecule has 0 bridgehead atoms. The molecule has 0 saturated heterocycles. The summed E-state index contributed by atoms with van der Waals surface area (Å²) in [5, 5.41) is 23.9. The van der Waals surface area contributed by atoms with Crippen LogP contribution < -0.4 is 15.6 Å². The Morgan fingerprint density at radius 1 is 1.30 bits per heavy atom. The lowest BCUT2D eigenvalue weighted by Gasteiger charge is -2.11. The fraction of sp³-hybridized carbons (Fsp3) is 0.111. The Morgan fingerprint density at radius 3 is 2.74 bits per heavy atom. The predicted molar refractivity (Wildman–Crippen MR) is 97.1 cm³/mol. The van der Waals surface area contributed by atoms with Crippen molar-refractivity contribution in [2.24, 2.45) is 0 Å². The predicted octanol–water partition coefficient (Wildman–Crippen LogP) is 2.08. The standard InChI is InChI=1S/C18H15N3O6/c1-27-14-5-3-2-4-10(14)9-19-17(23)15-16(22)12-7-6-11(21(25)26)8-13(12)20-18(15)24/h2-8H,9H2,1H3,(H,19,23)(H2,20,22,24). The fourth-order valence-electron chi connectivity index (χ4n) is 2.71. The number of nitro groups is 1. The van der Waals surface area contributed by atoms with Crippen molar-refractivity contribution in [2.45, 2.75) is 6.54 Å². The van der Waals surface area contributed by atoms with Gasteiger partial charge in [-0.2, -0.15) is 0 Å². The van der Waals surface area contributed by atoms with Crippen LogP contribution in [0.3, 0.4) is 0 Å². The molecule has 0 aliphatic heterocycles. The molecule has 9 nitrogen and oxygen atoms in total. The molecule has 1 aromatic heterocycles. The van der Waals surface area contributed by atoms with E-state index in [2.05, 4.69) is 10.3 Å². The fourth-order valence-corrected chi connectivity index (χ4v) is 2.71. The van der Waals surface area contributed by atoms with E-state index in [1.165, 1.54) is 19.2 Å². The van der Waals surface area contributed by atoms with E-state index in [-0.39, 0.29) is 23.1 Å². The molecule has 0 aliphatic carbocycles. The number of aromatic amines is 1. The number of ether oxygens (including phenoxy) is 1. The number of amides is 1. The highest BCUT2D eigenvalue weighted by Gasteiger charge is 2.20. The van der Waals surface area contributed by atoms with Gasteiger partial charge in [-0.05, 0) is 12.1 Å². The van der Waals surface area contributed by atoms with Gasteiger partial charge in [-0.25, -0.2) is 0 Å². The number of hydrogen-bond acceptors (Lipinski definition) is 6. The zero-order valence-electron chi connectivity index (χ0n) is 14.2. The third kappa shape index (κ3) is 3.43. The minimum Gasteiger partial charge on any atom is -0.506 e. The number of fused-ring (bicyclic) bond motifs is 1. The Hall–Kier alpha value is -3.88. The molecule has 9 heteroatoms. The topological polar surface area (TPSA) is 135 Å². The van der Waals surface area contributed by atoms with Gasteiger partial charge in [0.15, 0.2) is 0 Å². The molecule has 0 radical (unpaired) electrons. The maximum Gasteiger partial charge on any atom is 0.271 e. The summed E-state index contributed by atoms with van der Waals surface area (Å²) in [6.07, 6.45) is 0. The Labute approximate surface area is 152 Å². The lowest BCUT2D eigenvalue weighted by molar-refractivity contribution is -0.384. The normalized spacial score (nSPS) is 10.6. The molecule has 1 heterocycles. The average molecular weight is 369 g/mol. The van der Waals surface area contributed by atoms with Gasteiger partial charge in [0.25, 0.3) is 17.2 Å². The first-order valence-electron chi connectivity index (χ1n) is 7.86. The second-order valence-electron chi connectivity index (χ2n) is 5.66. The first-order chi connectivity index (χ1) is 12.9. The number of benzene rings is 2. The number of nitro benzene ring substituents is 1. The Morgan fingerprint density at radius 2 is 2.04 bits per heavy atom. The van der Waals surface area contributed by atoms with Crippen LogP contribution in [0.2, 0.25) is 0 Å². The molecule has 3 rings (SSSR count). The summed E-state index contributed by atoms with van der Waals surface area (Å²) < 4.78 is 5.20. The first-order valence-corrected chi connectivity index (χ1v) is 7.86. The molecule has 3 N–H and O–H groups in total. The van der Waals surface area contributed by atoms with E-state index in [1.807, 2.05) is 0 Å². The van der Waals surface area contributed by atoms with Crippen LogP contribution in [0.15, 0.2) is 47.3 Å². The van der Waals surface area contributed by atoms with Crippen molar-refractivity contribution < 1.29 is 19.6 Å². The van der Waals surface area contributed by atoms with Crippen LogP contribution >= 0.6 is 0 Å². The number of non-ortho nitro benzene ring substituents is 1. The molecule has 0 spiro atoms. The first kappa shape index (κ1) is 17.9. The summed E-state index contributed by atoms with van der Waals surface area (Å²) in [6.45, 7) is 0.0834.